The first kappa shape index (κ1) is 21.9. The first-order chi connectivity index (χ1) is 12.8. The number of carbonyl (C=O) groups excluding carboxylic acids is 1. The molecular weight excluding hydrogens is 397 g/mol. The zero-order valence-corrected chi connectivity index (χ0v) is 18.2. The molecular formula is C22H25Cl2NOS. The molecule has 2 aromatic carbocycles. The van der Waals surface area contributed by atoms with E-state index >= 15 is 0 Å². The van der Waals surface area contributed by atoms with Crippen LogP contribution in [-0.2, 0) is 16.0 Å². The lowest BCUT2D eigenvalue weighted by Gasteiger charge is -2.18. The number of thioether (sulfide) groups is 1. The molecule has 0 fully saturated rings. The Hall–Kier alpha value is -1.42. The molecule has 2 rings (SSSR count). The van der Waals surface area contributed by atoms with E-state index in [0.29, 0.717) is 16.6 Å². The number of hydrogen-bond donors (Lipinski definition) is 1. The second-order valence-corrected chi connectivity index (χ2v) is 9.17. The minimum Gasteiger partial charge on any atom is -0.352 e. The number of nitrogens with one attached hydrogen (secondary N) is 1. The van der Waals surface area contributed by atoms with Gasteiger partial charge in [0.2, 0.25) is 5.91 Å². The maximum atomic E-state index is 11.9. The van der Waals surface area contributed by atoms with Crippen LogP contribution in [-0.4, -0.2) is 18.2 Å². The Morgan fingerprint density at radius 3 is 2.30 bits per heavy atom. The van der Waals surface area contributed by atoms with Crippen LogP contribution >= 0.6 is 35.0 Å². The van der Waals surface area contributed by atoms with Crippen molar-refractivity contribution >= 4 is 46.9 Å². The van der Waals surface area contributed by atoms with E-state index in [0.717, 1.165) is 22.6 Å². The van der Waals surface area contributed by atoms with Gasteiger partial charge in [0, 0.05) is 34.2 Å². The number of rotatable bonds is 7. The molecule has 0 aliphatic carbocycles. The van der Waals surface area contributed by atoms with Gasteiger partial charge in [0.25, 0.3) is 0 Å². The highest BCUT2D eigenvalue weighted by atomic mass is 35.5. The van der Waals surface area contributed by atoms with Crippen molar-refractivity contribution in [1.82, 2.24) is 5.32 Å². The predicted molar refractivity (Wildman–Crippen MR) is 120 cm³/mol. The monoisotopic (exact) mass is 421 g/mol. The van der Waals surface area contributed by atoms with Crippen LogP contribution in [0.3, 0.4) is 0 Å². The molecule has 5 heteroatoms. The highest BCUT2D eigenvalue weighted by Crippen LogP contribution is 2.28. The molecule has 1 N–H and O–H groups in total. The molecule has 0 aliphatic heterocycles. The average Bonchev–Trinajstić information content (AvgIpc) is 2.61. The van der Waals surface area contributed by atoms with Crippen LogP contribution in [0.2, 0.25) is 10.0 Å². The van der Waals surface area contributed by atoms with Crippen LogP contribution in [0, 0.1) is 0 Å². The molecule has 0 atom stereocenters. The summed E-state index contributed by atoms with van der Waals surface area (Å²) in [5.41, 5.74) is 3.36. The molecule has 0 unspecified atom stereocenters. The Kier molecular flexibility index (Phi) is 8.28. The zero-order valence-electron chi connectivity index (χ0n) is 15.9. The van der Waals surface area contributed by atoms with E-state index in [1.54, 1.807) is 17.8 Å². The summed E-state index contributed by atoms with van der Waals surface area (Å²) in [6.07, 6.45) is 3.40. The summed E-state index contributed by atoms with van der Waals surface area (Å²) in [7, 11) is 0. The van der Waals surface area contributed by atoms with Gasteiger partial charge in [0.15, 0.2) is 0 Å². The Bertz CT molecular complexity index is 775. The fraction of sp³-hybridized carbons (Fsp3) is 0.318. The summed E-state index contributed by atoms with van der Waals surface area (Å²) in [5.74, 6) is 1.43. The number of halogens is 2. The average molecular weight is 422 g/mol. The van der Waals surface area contributed by atoms with E-state index in [4.69, 9.17) is 23.2 Å². The van der Waals surface area contributed by atoms with Crippen molar-refractivity contribution < 1.29 is 4.79 Å². The smallest absolute Gasteiger partial charge is 0.244 e. The van der Waals surface area contributed by atoms with E-state index < -0.39 is 0 Å². The summed E-state index contributed by atoms with van der Waals surface area (Å²) < 4.78 is 0. The lowest BCUT2D eigenvalue weighted by Crippen LogP contribution is -2.23. The van der Waals surface area contributed by atoms with E-state index in [9.17, 15) is 4.79 Å². The molecule has 0 saturated heterocycles. The molecule has 0 bridgehead atoms. The first-order valence-electron chi connectivity index (χ1n) is 8.84. The second-order valence-electron chi connectivity index (χ2n) is 7.25. The van der Waals surface area contributed by atoms with Gasteiger partial charge in [-0.3, -0.25) is 4.79 Å². The number of amides is 1. The maximum Gasteiger partial charge on any atom is 0.244 e. The quantitative estimate of drug-likeness (QED) is 0.416. The molecule has 0 radical (unpaired) electrons. The van der Waals surface area contributed by atoms with Crippen LogP contribution in [0.5, 0.6) is 0 Å². The molecule has 144 valence electrons. The minimum absolute atomic E-state index is 0.0914. The normalized spacial score (nSPS) is 11.7. The van der Waals surface area contributed by atoms with E-state index in [1.807, 2.05) is 36.4 Å². The number of hydrogen-bond acceptors (Lipinski definition) is 2. The minimum atomic E-state index is -0.0914. The molecule has 0 saturated carbocycles. The van der Waals surface area contributed by atoms with Crippen LogP contribution < -0.4 is 5.32 Å². The van der Waals surface area contributed by atoms with E-state index in [-0.39, 0.29) is 11.3 Å². The highest BCUT2D eigenvalue weighted by Gasteiger charge is 2.12. The lowest BCUT2D eigenvalue weighted by molar-refractivity contribution is -0.116. The standard InChI is InChI=1S/C22H25Cl2NOS/c1-22(2,3)17-10-7-16(8-11-17)9-12-21(26)25-13-14-27-15-18-19(23)5-4-6-20(18)24/h4-12H,13-15H2,1-3H3,(H,25,26)/b12-9+. The summed E-state index contributed by atoms with van der Waals surface area (Å²) in [4.78, 5) is 11.9. The van der Waals surface area contributed by atoms with Gasteiger partial charge in [-0.1, -0.05) is 74.3 Å². The third-order valence-corrected chi connectivity index (χ3v) is 5.75. The van der Waals surface area contributed by atoms with Crippen molar-refractivity contribution in [3.63, 3.8) is 0 Å². The molecule has 0 aromatic heterocycles. The fourth-order valence-corrected chi connectivity index (χ4v) is 4.01. The van der Waals surface area contributed by atoms with Gasteiger partial charge in [0.05, 0.1) is 0 Å². The van der Waals surface area contributed by atoms with E-state index in [2.05, 4.69) is 38.2 Å². The van der Waals surface area contributed by atoms with Crippen molar-refractivity contribution in [2.24, 2.45) is 0 Å². The van der Waals surface area contributed by atoms with Gasteiger partial charge < -0.3 is 5.32 Å². The SMILES string of the molecule is CC(C)(C)c1ccc(/C=C/C(=O)NCCSCc2c(Cl)cccc2Cl)cc1. The van der Waals surface area contributed by atoms with Gasteiger partial charge in [-0.2, -0.15) is 11.8 Å². The van der Waals surface area contributed by atoms with Gasteiger partial charge in [-0.15, -0.1) is 0 Å². The number of benzene rings is 2. The Morgan fingerprint density at radius 1 is 1.07 bits per heavy atom. The second kappa shape index (κ2) is 10.2. The van der Waals surface area contributed by atoms with Crippen LogP contribution in [0.15, 0.2) is 48.5 Å². The molecule has 2 aromatic rings. The van der Waals surface area contributed by atoms with Crippen molar-refractivity contribution in [3.05, 3.63) is 75.3 Å². The molecule has 27 heavy (non-hydrogen) atoms. The molecule has 0 heterocycles. The maximum absolute atomic E-state index is 11.9. The topological polar surface area (TPSA) is 29.1 Å². The van der Waals surface area contributed by atoms with Crippen molar-refractivity contribution in [2.45, 2.75) is 31.9 Å². The molecule has 1 amide bonds. The third-order valence-electron chi connectivity index (χ3n) is 4.06. The van der Waals surface area contributed by atoms with Gasteiger partial charge in [-0.25, -0.2) is 0 Å². The summed E-state index contributed by atoms with van der Waals surface area (Å²) in [6, 6.07) is 13.8. The van der Waals surface area contributed by atoms with Crippen LogP contribution in [0.4, 0.5) is 0 Å². The van der Waals surface area contributed by atoms with Crippen LogP contribution in [0.1, 0.15) is 37.5 Å². The van der Waals surface area contributed by atoms with Crippen molar-refractivity contribution in [1.29, 1.82) is 0 Å². The summed E-state index contributed by atoms with van der Waals surface area (Å²) >= 11 is 14.0. The molecule has 0 aliphatic rings. The van der Waals surface area contributed by atoms with Gasteiger partial charge in [-0.05, 0) is 40.3 Å². The highest BCUT2D eigenvalue weighted by molar-refractivity contribution is 7.98. The fourth-order valence-electron chi connectivity index (χ4n) is 2.42. The summed E-state index contributed by atoms with van der Waals surface area (Å²) in [6.45, 7) is 7.15. The van der Waals surface area contributed by atoms with Gasteiger partial charge >= 0.3 is 0 Å². The third kappa shape index (κ3) is 7.25. The Balaban J connectivity index is 1.72. The summed E-state index contributed by atoms with van der Waals surface area (Å²) in [5, 5.41) is 4.25. The van der Waals surface area contributed by atoms with Crippen LogP contribution in [0.25, 0.3) is 6.08 Å². The first-order valence-corrected chi connectivity index (χ1v) is 10.8. The molecule has 0 spiro atoms. The largest absolute Gasteiger partial charge is 0.352 e. The van der Waals surface area contributed by atoms with E-state index in [1.165, 1.54) is 5.56 Å². The van der Waals surface area contributed by atoms with Gasteiger partial charge in [0.1, 0.15) is 0 Å². The van der Waals surface area contributed by atoms with Crippen molar-refractivity contribution in [3.8, 4) is 0 Å². The zero-order chi connectivity index (χ0) is 19.9. The Morgan fingerprint density at radius 2 is 1.70 bits per heavy atom. The Labute approximate surface area is 176 Å². The lowest BCUT2D eigenvalue weighted by atomic mass is 9.87. The predicted octanol–water partition coefficient (Wildman–Crippen LogP) is 6.35. The number of carbonyl (C=O) groups is 1. The molecule has 2 nitrogen and oxygen atoms in total. The van der Waals surface area contributed by atoms with Crippen molar-refractivity contribution in [2.75, 3.05) is 12.3 Å².